The Bertz CT molecular complexity index is 1110. The van der Waals surface area contributed by atoms with Crippen molar-refractivity contribution < 1.29 is 18.3 Å². The average molecular weight is 411 g/mol. The minimum atomic E-state index is -2.91. The van der Waals surface area contributed by atoms with Gasteiger partial charge in [-0.2, -0.15) is 18.9 Å². The van der Waals surface area contributed by atoms with Crippen LogP contribution in [0, 0.1) is 6.92 Å². The zero-order chi connectivity index (χ0) is 21.3. The van der Waals surface area contributed by atoms with Crippen LogP contribution in [0.15, 0.2) is 66.1 Å². The van der Waals surface area contributed by atoms with E-state index in [-0.39, 0.29) is 11.7 Å². The van der Waals surface area contributed by atoms with Gasteiger partial charge in [-0.1, -0.05) is 30.3 Å². The molecule has 4 rings (SSSR count). The molecule has 9 heteroatoms. The number of nitrogens with one attached hydrogen (secondary N) is 2. The molecule has 0 saturated carbocycles. The fourth-order valence-electron chi connectivity index (χ4n) is 3.43. The van der Waals surface area contributed by atoms with Gasteiger partial charge in [-0.3, -0.25) is 4.79 Å². The number of hydrogen-bond acceptors (Lipinski definition) is 5. The van der Waals surface area contributed by atoms with E-state index in [0.29, 0.717) is 28.5 Å². The van der Waals surface area contributed by atoms with E-state index in [4.69, 9.17) is 0 Å². The third-order valence-electron chi connectivity index (χ3n) is 4.85. The summed E-state index contributed by atoms with van der Waals surface area (Å²) in [6, 6.07) is 13.0. The minimum absolute atomic E-state index is 0.0353. The first-order chi connectivity index (χ1) is 14.4. The van der Waals surface area contributed by atoms with E-state index >= 15 is 0 Å². The Balaban J connectivity index is 1.72. The number of benzene rings is 2. The molecule has 2 heterocycles. The topological polar surface area (TPSA) is 81.1 Å². The number of alkyl halides is 2. The predicted molar refractivity (Wildman–Crippen MR) is 107 cm³/mol. The van der Waals surface area contributed by atoms with Crippen molar-refractivity contribution >= 4 is 17.5 Å². The molecule has 0 spiro atoms. The molecule has 7 nitrogen and oxygen atoms in total. The Morgan fingerprint density at radius 1 is 1.17 bits per heavy atom. The smallest absolute Gasteiger partial charge is 0.387 e. The Morgan fingerprint density at radius 3 is 2.60 bits per heavy atom. The third-order valence-corrected chi connectivity index (χ3v) is 4.85. The van der Waals surface area contributed by atoms with Crippen LogP contribution in [-0.2, 0) is 4.79 Å². The van der Waals surface area contributed by atoms with Crippen molar-refractivity contribution in [1.29, 1.82) is 0 Å². The van der Waals surface area contributed by atoms with Gasteiger partial charge >= 0.3 is 6.61 Å². The maximum atomic E-state index is 13.3. The van der Waals surface area contributed by atoms with Crippen molar-refractivity contribution in [3.8, 4) is 5.75 Å². The fourth-order valence-corrected chi connectivity index (χ4v) is 3.43. The molecule has 2 aromatic carbocycles. The van der Waals surface area contributed by atoms with E-state index in [1.165, 1.54) is 18.5 Å². The van der Waals surface area contributed by atoms with Gasteiger partial charge in [0.15, 0.2) is 0 Å². The average Bonchev–Trinajstić information content (AvgIpc) is 3.17. The van der Waals surface area contributed by atoms with E-state index in [2.05, 4.69) is 25.5 Å². The van der Waals surface area contributed by atoms with Crippen molar-refractivity contribution in [2.75, 3.05) is 10.6 Å². The van der Waals surface area contributed by atoms with E-state index in [0.717, 1.165) is 5.56 Å². The zero-order valence-corrected chi connectivity index (χ0v) is 16.3. The second-order valence-electron chi connectivity index (χ2n) is 6.81. The fraction of sp³-hybridized carbons (Fsp3) is 0.190. The highest BCUT2D eigenvalue weighted by Crippen LogP contribution is 2.36. The Labute approximate surface area is 171 Å². The highest BCUT2D eigenvalue weighted by molar-refractivity contribution is 6.06. The molecule has 0 radical (unpaired) electrons. The number of carbonyl (C=O) groups excluding carboxylic acids is 1. The SMILES string of the molecule is CC1=C(C(=O)Nc2ccccc2C)C(c2ccc(OC(F)F)cc2)n2ncnc2N1. The van der Waals surface area contributed by atoms with Crippen LogP contribution in [0.25, 0.3) is 0 Å². The number of nitrogens with zero attached hydrogens (tertiary/aromatic N) is 3. The summed E-state index contributed by atoms with van der Waals surface area (Å²) in [5.74, 6) is 0.222. The van der Waals surface area contributed by atoms with E-state index in [1.807, 2.05) is 31.2 Å². The first kappa shape index (κ1) is 19.6. The van der Waals surface area contributed by atoms with Crippen molar-refractivity contribution in [3.63, 3.8) is 0 Å². The first-order valence-electron chi connectivity index (χ1n) is 9.23. The lowest BCUT2D eigenvalue weighted by Gasteiger charge is -2.29. The maximum Gasteiger partial charge on any atom is 0.387 e. The molecule has 30 heavy (non-hydrogen) atoms. The summed E-state index contributed by atoms with van der Waals surface area (Å²) in [7, 11) is 0. The Hall–Kier alpha value is -3.75. The summed E-state index contributed by atoms with van der Waals surface area (Å²) in [4.78, 5) is 17.4. The number of halogens is 2. The molecule has 0 fully saturated rings. The van der Waals surface area contributed by atoms with Gasteiger partial charge in [-0.15, -0.1) is 0 Å². The molecule has 0 aliphatic carbocycles. The first-order valence-corrected chi connectivity index (χ1v) is 9.23. The number of para-hydroxylation sites is 1. The van der Waals surface area contributed by atoms with Gasteiger partial charge in [0.2, 0.25) is 5.95 Å². The number of hydrogen-bond donors (Lipinski definition) is 2. The number of carbonyl (C=O) groups is 1. The number of aromatic nitrogens is 3. The molecule has 2 N–H and O–H groups in total. The second-order valence-corrected chi connectivity index (χ2v) is 6.81. The summed E-state index contributed by atoms with van der Waals surface area (Å²) in [6.45, 7) is 0.783. The minimum Gasteiger partial charge on any atom is -0.435 e. The van der Waals surface area contributed by atoms with Gasteiger partial charge in [-0.05, 0) is 43.2 Å². The molecular formula is C21H19F2N5O2. The molecule has 1 aliphatic rings. The highest BCUT2D eigenvalue weighted by Gasteiger charge is 2.33. The number of rotatable bonds is 5. The van der Waals surface area contributed by atoms with Gasteiger partial charge in [0.1, 0.15) is 18.1 Å². The summed E-state index contributed by atoms with van der Waals surface area (Å²) in [5, 5.41) is 10.3. The van der Waals surface area contributed by atoms with Crippen molar-refractivity contribution in [2.45, 2.75) is 26.5 Å². The van der Waals surface area contributed by atoms with Crippen LogP contribution >= 0.6 is 0 Å². The van der Waals surface area contributed by atoms with Crippen LogP contribution in [0.4, 0.5) is 20.4 Å². The van der Waals surface area contributed by atoms with Gasteiger partial charge in [0.05, 0.1) is 5.57 Å². The maximum absolute atomic E-state index is 13.3. The molecule has 1 aromatic heterocycles. The molecule has 1 aliphatic heterocycles. The normalized spacial score (nSPS) is 15.6. The summed E-state index contributed by atoms with van der Waals surface area (Å²) >= 11 is 0. The van der Waals surface area contributed by atoms with E-state index in [9.17, 15) is 13.6 Å². The lowest BCUT2D eigenvalue weighted by molar-refractivity contribution is -0.113. The summed E-state index contributed by atoms with van der Waals surface area (Å²) in [5.41, 5.74) is 3.38. The van der Waals surface area contributed by atoms with Gasteiger partial charge in [-0.25, -0.2) is 4.68 Å². The molecule has 1 unspecified atom stereocenters. The molecule has 1 amide bonds. The predicted octanol–water partition coefficient (Wildman–Crippen LogP) is 4.12. The van der Waals surface area contributed by atoms with Crippen LogP contribution in [-0.4, -0.2) is 27.3 Å². The number of fused-ring (bicyclic) bond motifs is 1. The van der Waals surface area contributed by atoms with Crippen LogP contribution in [0.1, 0.15) is 24.1 Å². The van der Waals surface area contributed by atoms with E-state index < -0.39 is 12.7 Å². The Kier molecular flexibility index (Phi) is 5.18. The van der Waals surface area contributed by atoms with Gasteiger partial charge in [0.25, 0.3) is 5.91 Å². The Morgan fingerprint density at radius 2 is 1.90 bits per heavy atom. The second kappa shape index (κ2) is 7.94. The van der Waals surface area contributed by atoms with Crippen LogP contribution in [0.3, 0.4) is 0 Å². The standard InChI is InChI=1S/C21H19F2N5O2/c1-12-5-3-4-6-16(12)27-19(29)17-13(2)26-21-24-11-25-28(21)18(17)14-7-9-15(10-8-14)30-20(22)23/h3-11,18,20H,1-2H3,(H,27,29)(H,24,25,26). The lowest BCUT2D eigenvalue weighted by atomic mass is 9.95. The number of anilines is 2. The molecule has 0 bridgehead atoms. The lowest BCUT2D eigenvalue weighted by Crippen LogP contribution is -2.31. The number of amides is 1. The summed E-state index contributed by atoms with van der Waals surface area (Å²) in [6.07, 6.45) is 1.39. The quantitative estimate of drug-likeness (QED) is 0.660. The molecular weight excluding hydrogens is 392 g/mol. The summed E-state index contributed by atoms with van der Waals surface area (Å²) < 4.78 is 31.0. The number of aryl methyl sites for hydroxylation is 1. The van der Waals surface area contributed by atoms with Crippen molar-refractivity contribution in [1.82, 2.24) is 14.8 Å². The third kappa shape index (κ3) is 3.73. The van der Waals surface area contributed by atoms with Crippen LogP contribution in [0.5, 0.6) is 5.75 Å². The van der Waals surface area contributed by atoms with Crippen molar-refractivity contribution in [2.24, 2.45) is 0 Å². The van der Waals surface area contributed by atoms with Crippen molar-refractivity contribution in [3.05, 3.63) is 77.3 Å². The van der Waals surface area contributed by atoms with Crippen LogP contribution in [0.2, 0.25) is 0 Å². The van der Waals surface area contributed by atoms with Gasteiger partial charge in [0, 0.05) is 11.4 Å². The molecule has 154 valence electrons. The number of allylic oxidation sites excluding steroid dienone is 1. The monoisotopic (exact) mass is 411 g/mol. The molecule has 1 atom stereocenters. The highest BCUT2D eigenvalue weighted by atomic mass is 19.3. The van der Waals surface area contributed by atoms with E-state index in [1.54, 1.807) is 23.7 Å². The number of ether oxygens (including phenoxy) is 1. The largest absolute Gasteiger partial charge is 0.435 e. The van der Waals surface area contributed by atoms with Gasteiger partial charge < -0.3 is 15.4 Å². The van der Waals surface area contributed by atoms with Crippen LogP contribution < -0.4 is 15.4 Å². The molecule has 0 saturated heterocycles. The zero-order valence-electron chi connectivity index (χ0n) is 16.3. The molecule has 3 aromatic rings.